The molecule has 0 aromatic heterocycles. The number of hydrogen-bond acceptors (Lipinski definition) is 2. The highest BCUT2D eigenvalue weighted by atomic mass is 16.2. The molecule has 88 valence electrons. The molecular formula is C14H15NO2. The highest BCUT2D eigenvalue weighted by molar-refractivity contribution is 6.02. The van der Waals surface area contributed by atoms with E-state index in [-0.39, 0.29) is 17.7 Å². The minimum Gasteiger partial charge on any atom is -0.335 e. The summed E-state index contributed by atoms with van der Waals surface area (Å²) >= 11 is 0. The van der Waals surface area contributed by atoms with Gasteiger partial charge in [-0.1, -0.05) is 25.1 Å². The molecule has 17 heavy (non-hydrogen) atoms. The summed E-state index contributed by atoms with van der Waals surface area (Å²) in [6.45, 7) is 2.63. The van der Waals surface area contributed by atoms with Crippen molar-refractivity contribution in [2.24, 2.45) is 0 Å². The zero-order chi connectivity index (χ0) is 12.0. The van der Waals surface area contributed by atoms with E-state index < -0.39 is 0 Å². The van der Waals surface area contributed by atoms with Crippen LogP contribution in [-0.4, -0.2) is 23.1 Å². The summed E-state index contributed by atoms with van der Waals surface area (Å²) in [4.78, 5) is 25.7. The molecule has 0 N–H and O–H groups in total. The normalized spacial score (nSPS) is 21.6. The molecule has 0 saturated carbocycles. The summed E-state index contributed by atoms with van der Waals surface area (Å²) in [6, 6.07) is 5.93. The molecule has 0 fully saturated rings. The van der Waals surface area contributed by atoms with E-state index in [0.29, 0.717) is 12.8 Å². The van der Waals surface area contributed by atoms with E-state index in [0.717, 1.165) is 24.1 Å². The maximum Gasteiger partial charge on any atom is 0.222 e. The van der Waals surface area contributed by atoms with Gasteiger partial charge in [0.05, 0.1) is 6.04 Å². The number of benzene rings is 1. The number of Topliss-reactive ketones (excluding diaryl/α,β-unsaturated/α-hetero) is 1. The quantitative estimate of drug-likeness (QED) is 0.739. The van der Waals surface area contributed by atoms with Crippen LogP contribution >= 0.6 is 0 Å². The Bertz CT molecular complexity index is 507. The first-order valence-corrected chi connectivity index (χ1v) is 6.16. The highest BCUT2D eigenvalue weighted by Gasteiger charge is 2.39. The Labute approximate surface area is 100 Å². The Morgan fingerprint density at radius 1 is 1.47 bits per heavy atom. The maximum atomic E-state index is 11.9. The van der Waals surface area contributed by atoms with Crippen LogP contribution in [0.1, 0.15) is 47.3 Å². The number of hydrogen-bond donors (Lipinski definition) is 0. The van der Waals surface area contributed by atoms with Gasteiger partial charge in [-0.2, -0.15) is 0 Å². The minimum absolute atomic E-state index is 0.00917. The smallest absolute Gasteiger partial charge is 0.222 e. The molecule has 2 aliphatic rings. The maximum absolute atomic E-state index is 11.9. The molecule has 1 aromatic rings. The fourth-order valence-corrected chi connectivity index (χ4v) is 3.02. The molecule has 1 unspecified atom stereocenters. The third-order valence-electron chi connectivity index (χ3n) is 3.83. The average Bonchev–Trinajstić information content (AvgIpc) is 2.69. The van der Waals surface area contributed by atoms with Gasteiger partial charge in [0, 0.05) is 24.9 Å². The van der Waals surface area contributed by atoms with Crippen LogP contribution in [0, 0.1) is 0 Å². The lowest BCUT2D eigenvalue weighted by Gasteiger charge is -2.34. The molecule has 1 aliphatic carbocycles. The van der Waals surface area contributed by atoms with Crippen molar-refractivity contribution in [1.82, 2.24) is 4.90 Å². The molecular weight excluding hydrogens is 214 g/mol. The van der Waals surface area contributed by atoms with Gasteiger partial charge < -0.3 is 4.90 Å². The van der Waals surface area contributed by atoms with Crippen molar-refractivity contribution < 1.29 is 9.59 Å². The molecule has 3 heteroatoms. The molecule has 1 aromatic carbocycles. The molecule has 1 atom stereocenters. The van der Waals surface area contributed by atoms with Crippen molar-refractivity contribution in [3.63, 3.8) is 0 Å². The Morgan fingerprint density at radius 3 is 3.06 bits per heavy atom. The van der Waals surface area contributed by atoms with E-state index in [4.69, 9.17) is 0 Å². The van der Waals surface area contributed by atoms with Crippen LogP contribution < -0.4 is 0 Å². The van der Waals surface area contributed by atoms with Gasteiger partial charge in [-0.05, 0) is 17.5 Å². The van der Waals surface area contributed by atoms with E-state index >= 15 is 0 Å². The Balaban J connectivity index is 2.09. The Morgan fingerprint density at radius 2 is 2.29 bits per heavy atom. The van der Waals surface area contributed by atoms with Crippen molar-refractivity contribution in [3.8, 4) is 0 Å². The van der Waals surface area contributed by atoms with Gasteiger partial charge in [0.15, 0.2) is 5.78 Å². The first-order chi connectivity index (χ1) is 8.22. The number of rotatable bonds is 1. The SMILES string of the molecule is CCC(=O)N1CCc2cccc3c2C1CC3=O. The van der Waals surface area contributed by atoms with Gasteiger partial charge in [-0.3, -0.25) is 9.59 Å². The lowest BCUT2D eigenvalue weighted by atomic mass is 9.93. The second-order valence-corrected chi connectivity index (χ2v) is 4.71. The minimum atomic E-state index is 0.00917. The van der Waals surface area contributed by atoms with Crippen molar-refractivity contribution in [1.29, 1.82) is 0 Å². The lowest BCUT2D eigenvalue weighted by molar-refractivity contribution is -0.133. The summed E-state index contributed by atoms with van der Waals surface area (Å²) in [5.41, 5.74) is 3.20. The number of carbonyl (C=O) groups is 2. The van der Waals surface area contributed by atoms with E-state index in [1.165, 1.54) is 5.56 Å². The number of carbonyl (C=O) groups excluding carboxylic acids is 2. The van der Waals surface area contributed by atoms with Crippen LogP contribution in [0.15, 0.2) is 18.2 Å². The summed E-state index contributed by atoms with van der Waals surface area (Å²) in [7, 11) is 0. The van der Waals surface area contributed by atoms with Gasteiger partial charge in [0.25, 0.3) is 0 Å². The van der Waals surface area contributed by atoms with Crippen LogP contribution in [0.5, 0.6) is 0 Å². The fourth-order valence-electron chi connectivity index (χ4n) is 3.02. The van der Waals surface area contributed by atoms with Gasteiger partial charge >= 0.3 is 0 Å². The van der Waals surface area contributed by atoms with Crippen molar-refractivity contribution in [2.75, 3.05) is 6.54 Å². The van der Waals surface area contributed by atoms with Crippen LogP contribution in [0.25, 0.3) is 0 Å². The van der Waals surface area contributed by atoms with Gasteiger partial charge in [0.2, 0.25) is 5.91 Å². The number of ketones is 1. The predicted octanol–water partition coefficient (Wildman–Crippen LogP) is 2.11. The van der Waals surface area contributed by atoms with Gasteiger partial charge in [-0.25, -0.2) is 0 Å². The number of nitrogens with zero attached hydrogens (tertiary/aromatic N) is 1. The van der Waals surface area contributed by atoms with E-state index in [1.807, 2.05) is 24.0 Å². The van der Waals surface area contributed by atoms with Crippen LogP contribution in [0.3, 0.4) is 0 Å². The molecule has 0 bridgehead atoms. The van der Waals surface area contributed by atoms with Gasteiger partial charge in [0.1, 0.15) is 0 Å². The first kappa shape index (κ1) is 10.5. The standard InChI is InChI=1S/C14H15NO2/c1-2-13(17)15-7-6-9-4-3-5-10-12(16)8-11(15)14(9)10/h3-5,11H,2,6-8H2,1H3. The molecule has 0 radical (unpaired) electrons. The monoisotopic (exact) mass is 229 g/mol. The summed E-state index contributed by atoms with van der Waals surface area (Å²) in [5.74, 6) is 0.341. The summed E-state index contributed by atoms with van der Waals surface area (Å²) < 4.78 is 0. The molecule has 3 rings (SSSR count). The van der Waals surface area contributed by atoms with E-state index in [9.17, 15) is 9.59 Å². The second-order valence-electron chi connectivity index (χ2n) is 4.71. The molecule has 1 amide bonds. The Hall–Kier alpha value is -1.64. The molecule has 0 spiro atoms. The fraction of sp³-hybridized carbons (Fsp3) is 0.429. The molecule has 3 nitrogen and oxygen atoms in total. The van der Waals surface area contributed by atoms with Gasteiger partial charge in [-0.15, -0.1) is 0 Å². The molecule has 1 heterocycles. The third-order valence-corrected chi connectivity index (χ3v) is 3.83. The zero-order valence-electron chi connectivity index (χ0n) is 9.90. The van der Waals surface area contributed by atoms with Crippen LogP contribution in [-0.2, 0) is 11.2 Å². The average molecular weight is 229 g/mol. The van der Waals surface area contributed by atoms with Crippen molar-refractivity contribution in [2.45, 2.75) is 32.2 Å². The zero-order valence-corrected chi connectivity index (χ0v) is 9.90. The Kier molecular flexibility index (Phi) is 2.28. The van der Waals surface area contributed by atoms with E-state index in [1.54, 1.807) is 0 Å². The third kappa shape index (κ3) is 1.42. The largest absolute Gasteiger partial charge is 0.335 e. The summed E-state index contributed by atoms with van der Waals surface area (Å²) in [5, 5.41) is 0. The van der Waals surface area contributed by atoms with Crippen molar-refractivity contribution >= 4 is 11.7 Å². The molecule has 1 aliphatic heterocycles. The number of amides is 1. The predicted molar refractivity (Wildman–Crippen MR) is 63.8 cm³/mol. The highest BCUT2D eigenvalue weighted by Crippen LogP contribution is 2.41. The summed E-state index contributed by atoms with van der Waals surface area (Å²) in [6.07, 6.45) is 1.86. The topological polar surface area (TPSA) is 37.4 Å². The first-order valence-electron chi connectivity index (χ1n) is 6.16. The lowest BCUT2D eigenvalue weighted by Crippen LogP contribution is -2.38. The van der Waals surface area contributed by atoms with E-state index in [2.05, 4.69) is 6.07 Å². The molecule has 0 saturated heterocycles. The van der Waals surface area contributed by atoms with Crippen molar-refractivity contribution in [3.05, 3.63) is 34.9 Å². The van der Waals surface area contributed by atoms with Crippen LogP contribution in [0.4, 0.5) is 0 Å². The van der Waals surface area contributed by atoms with Crippen LogP contribution in [0.2, 0.25) is 0 Å². The second kappa shape index (κ2) is 3.69.